The molecule has 3 rings (SSSR count). The van der Waals surface area contributed by atoms with Crippen molar-refractivity contribution in [1.29, 1.82) is 0 Å². The van der Waals surface area contributed by atoms with Gasteiger partial charge in [0.25, 0.3) is 0 Å². The molecule has 5 nitrogen and oxygen atoms in total. The molecular weight excluding hydrogens is 238 g/mol. The molecule has 0 bridgehead atoms. The summed E-state index contributed by atoms with van der Waals surface area (Å²) in [6.07, 6.45) is 3.57. The fraction of sp³-hybridized carbons (Fsp3) is 0.214. The third-order valence-electron chi connectivity index (χ3n) is 3.12. The van der Waals surface area contributed by atoms with Crippen molar-refractivity contribution in [2.75, 3.05) is 5.32 Å². The number of rotatable bonds is 4. The van der Waals surface area contributed by atoms with Crippen LogP contribution < -0.4 is 5.32 Å². The van der Waals surface area contributed by atoms with E-state index in [1.54, 1.807) is 6.33 Å². The number of hydrogen-bond donors (Lipinski definition) is 1. The van der Waals surface area contributed by atoms with Gasteiger partial charge >= 0.3 is 0 Å². The van der Waals surface area contributed by atoms with E-state index in [-0.39, 0.29) is 0 Å². The third-order valence-corrected chi connectivity index (χ3v) is 3.12. The minimum Gasteiger partial charge on any atom is -0.377 e. The first kappa shape index (κ1) is 11.6. The molecule has 0 radical (unpaired) electrons. The summed E-state index contributed by atoms with van der Waals surface area (Å²) >= 11 is 0. The van der Waals surface area contributed by atoms with Crippen LogP contribution in [0.3, 0.4) is 0 Å². The van der Waals surface area contributed by atoms with Crippen molar-refractivity contribution in [2.45, 2.75) is 20.0 Å². The molecule has 0 atom stereocenters. The van der Waals surface area contributed by atoms with Crippen LogP contribution in [0.5, 0.6) is 0 Å². The lowest BCUT2D eigenvalue weighted by molar-refractivity contribution is 0.708. The van der Waals surface area contributed by atoms with Gasteiger partial charge in [-0.25, -0.2) is 0 Å². The second-order valence-electron chi connectivity index (χ2n) is 4.26. The highest BCUT2D eigenvalue weighted by molar-refractivity contribution is 5.90. The summed E-state index contributed by atoms with van der Waals surface area (Å²) in [5.74, 6) is 0.934. The zero-order valence-electron chi connectivity index (χ0n) is 10.7. The van der Waals surface area contributed by atoms with Crippen LogP contribution in [0.15, 0.2) is 42.9 Å². The average Bonchev–Trinajstić information content (AvgIpc) is 2.92. The topological polar surface area (TPSA) is 55.6 Å². The molecule has 5 heteroatoms. The smallest absolute Gasteiger partial charge is 0.152 e. The number of nitrogens with one attached hydrogen (secondary N) is 1. The molecule has 19 heavy (non-hydrogen) atoms. The monoisotopic (exact) mass is 253 g/mol. The maximum absolute atomic E-state index is 4.35. The first-order valence-corrected chi connectivity index (χ1v) is 6.33. The Labute approximate surface area is 111 Å². The summed E-state index contributed by atoms with van der Waals surface area (Å²) in [5, 5.41) is 12.6. The third kappa shape index (κ3) is 2.27. The summed E-state index contributed by atoms with van der Waals surface area (Å²) in [4.78, 5) is 4.35. The van der Waals surface area contributed by atoms with Gasteiger partial charge in [0.15, 0.2) is 5.82 Å². The fourth-order valence-electron chi connectivity index (χ4n) is 2.10. The molecule has 1 N–H and O–H groups in total. The summed E-state index contributed by atoms with van der Waals surface area (Å²) in [6, 6.07) is 10.1. The van der Waals surface area contributed by atoms with Gasteiger partial charge in [0.2, 0.25) is 0 Å². The molecule has 0 fully saturated rings. The van der Waals surface area contributed by atoms with E-state index in [4.69, 9.17) is 0 Å². The van der Waals surface area contributed by atoms with Gasteiger partial charge in [-0.3, -0.25) is 4.98 Å². The molecule has 0 aliphatic rings. The fourth-order valence-corrected chi connectivity index (χ4v) is 2.10. The second kappa shape index (κ2) is 5.06. The summed E-state index contributed by atoms with van der Waals surface area (Å²) in [7, 11) is 0. The van der Waals surface area contributed by atoms with Gasteiger partial charge in [-0.15, -0.1) is 10.2 Å². The number of nitrogens with zero attached hydrogens (tertiary/aromatic N) is 4. The minimum absolute atomic E-state index is 0.655. The number of fused-ring (bicyclic) bond motifs is 1. The molecule has 0 amide bonds. The SMILES string of the molecule is CCn1cnnc1CNc1ccnc2ccccc12. The summed E-state index contributed by atoms with van der Waals surface area (Å²) in [5.41, 5.74) is 2.06. The average molecular weight is 253 g/mol. The van der Waals surface area contributed by atoms with E-state index in [9.17, 15) is 0 Å². The second-order valence-corrected chi connectivity index (χ2v) is 4.26. The van der Waals surface area contributed by atoms with E-state index < -0.39 is 0 Å². The molecule has 0 saturated carbocycles. The van der Waals surface area contributed by atoms with Crippen molar-refractivity contribution in [3.05, 3.63) is 48.7 Å². The maximum Gasteiger partial charge on any atom is 0.152 e. The van der Waals surface area contributed by atoms with Crippen molar-refractivity contribution in [3.8, 4) is 0 Å². The molecule has 3 aromatic rings. The minimum atomic E-state index is 0.655. The molecule has 1 aromatic carbocycles. The normalized spacial score (nSPS) is 10.8. The first-order chi connectivity index (χ1) is 9.38. The number of anilines is 1. The van der Waals surface area contributed by atoms with E-state index in [0.717, 1.165) is 29.0 Å². The molecule has 0 aliphatic carbocycles. The predicted octanol–water partition coefficient (Wildman–Crippen LogP) is 2.46. The molecule has 0 saturated heterocycles. The van der Waals surface area contributed by atoms with E-state index in [0.29, 0.717) is 6.54 Å². The lowest BCUT2D eigenvalue weighted by Gasteiger charge is -2.09. The van der Waals surface area contributed by atoms with Crippen LogP contribution in [-0.2, 0) is 13.1 Å². The van der Waals surface area contributed by atoms with Crippen molar-refractivity contribution in [2.24, 2.45) is 0 Å². The van der Waals surface area contributed by atoms with E-state index in [2.05, 4.69) is 33.5 Å². The van der Waals surface area contributed by atoms with Gasteiger partial charge in [-0.2, -0.15) is 0 Å². The zero-order valence-corrected chi connectivity index (χ0v) is 10.7. The Morgan fingerprint density at radius 1 is 1.21 bits per heavy atom. The zero-order chi connectivity index (χ0) is 13.1. The molecule has 96 valence electrons. The van der Waals surface area contributed by atoms with E-state index in [1.807, 2.05) is 35.0 Å². The summed E-state index contributed by atoms with van der Waals surface area (Å²) in [6.45, 7) is 3.61. The highest BCUT2D eigenvalue weighted by atomic mass is 15.3. The van der Waals surface area contributed by atoms with Crippen LogP contribution >= 0.6 is 0 Å². The lowest BCUT2D eigenvalue weighted by atomic mass is 10.2. The number of benzene rings is 1. The van der Waals surface area contributed by atoms with Crippen molar-refractivity contribution >= 4 is 16.6 Å². The Morgan fingerprint density at radius 2 is 2.11 bits per heavy atom. The number of para-hydroxylation sites is 1. The Morgan fingerprint density at radius 3 is 3.00 bits per heavy atom. The van der Waals surface area contributed by atoms with Crippen molar-refractivity contribution in [3.63, 3.8) is 0 Å². The van der Waals surface area contributed by atoms with Crippen molar-refractivity contribution in [1.82, 2.24) is 19.7 Å². The van der Waals surface area contributed by atoms with Gasteiger partial charge < -0.3 is 9.88 Å². The Bertz CT molecular complexity index is 684. The first-order valence-electron chi connectivity index (χ1n) is 6.33. The van der Waals surface area contributed by atoms with Crippen LogP contribution in [0.1, 0.15) is 12.7 Å². The predicted molar refractivity (Wildman–Crippen MR) is 74.8 cm³/mol. The molecular formula is C14H15N5. The highest BCUT2D eigenvalue weighted by Crippen LogP contribution is 2.21. The Kier molecular flexibility index (Phi) is 3.10. The number of aryl methyl sites for hydroxylation is 1. The molecule has 2 aromatic heterocycles. The lowest BCUT2D eigenvalue weighted by Crippen LogP contribution is -2.07. The molecule has 0 unspecified atom stereocenters. The van der Waals surface area contributed by atoms with Crippen LogP contribution in [-0.4, -0.2) is 19.7 Å². The highest BCUT2D eigenvalue weighted by Gasteiger charge is 2.04. The van der Waals surface area contributed by atoms with Crippen LogP contribution in [0.2, 0.25) is 0 Å². The standard InChI is InChI=1S/C14H15N5/c1-2-19-10-17-18-14(19)9-16-13-7-8-15-12-6-4-3-5-11(12)13/h3-8,10H,2,9H2,1H3,(H,15,16). The van der Waals surface area contributed by atoms with Gasteiger partial charge in [0, 0.05) is 23.8 Å². The van der Waals surface area contributed by atoms with E-state index >= 15 is 0 Å². The maximum atomic E-state index is 4.35. The summed E-state index contributed by atoms with van der Waals surface area (Å²) < 4.78 is 2.02. The van der Waals surface area contributed by atoms with Gasteiger partial charge in [-0.1, -0.05) is 18.2 Å². The number of aromatic nitrogens is 4. The van der Waals surface area contributed by atoms with Crippen LogP contribution in [0.25, 0.3) is 10.9 Å². The molecule has 0 spiro atoms. The largest absolute Gasteiger partial charge is 0.377 e. The quantitative estimate of drug-likeness (QED) is 0.776. The van der Waals surface area contributed by atoms with Crippen LogP contribution in [0, 0.1) is 0 Å². The van der Waals surface area contributed by atoms with Gasteiger partial charge in [0.1, 0.15) is 6.33 Å². The Balaban J connectivity index is 1.86. The number of hydrogen-bond acceptors (Lipinski definition) is 4. The van der Waals surface area contributed by atoms with E-state index in [1.165, 1.54) is 0 Å². The van der Waals surface area contributed by atoms with Crippen molar-refractivity contribution < 1.29 is 0 Å². The number of pyridine rings is 1. The van der Waals surface area contributed by atoms with Gasteiger partial charge in [-0.05, 0) is 19.1 Å². The van der Waals surface area contributed by atoms with Crippen LogP contribution in [0.4, 0.5) is 5.69 Å². The molecule has 0 aliphatic heterocycles. The Hall–Kier alpha value is -2.43. The van der Waals surface area contributed by atoms with Gasteiger partial charge in [0.05, 0.1) is 12.1 Å². The molecule has 2 heterocycles.